The van der Waals surface area contributed by atoms with Crippen LogP contribution in [-0.2, 0) is 19.1 Å². The van der Waals surface area contributed by atoms with Crippen LogP contribution in [0.25, 0.3) is 0 Å². The van der Waals surface area contributed by atoms with Gasteiger partial charge in [-0.3, -0.25) is 14.4 Å². The third-order valence-electron chi connectivity index (χ3n) is 8.94. The van der Waals surface area contributed by atoms with Crippen molar-refractivity contribution in [2.75, 3.05) is 0 Å². The topological polar surface area (TPSA) is 60.4 Å². The molecule has 3 fully saturated rings. The SMILES string of the molecule is CC(=O)O[C@]1(C(C)=O)CC[C@H]2[C@@H]3CC(Cl)C4=CC(=O)CC[C@]4(C)[C@H]3CC[C@@]21C. The monoisotopic (exact) mass is 406 g/mol. The molecular weight excluding hydrogens is 376 g/mol. The third kappa shape index (κ3) is 2.52. The number of allylic oxidation sites excluding steroid dienone is 1. The Hall–Kier alpha value is -1.16. The van der Waals surface area contributed by atoms with Crippen molar-refractivity contribution in [3.8, 4) is 0 Å². The molecule has 0 heterocycles. The second kappa shape index (κ2) is 6.42. The van der Waals surface area contributed by atoms with E-state index in [1.807, 2.05) is 6.08 Å². The molecular formula is C23H31ClO4. The smallest absolute Gasteiger partial charge is 0.303 e. The maximum absolute atomic E-state index is 12.8. The molecule has 4 aliphatic carbocycles. The van der Waals surface area contributed by atoms with Crippen LogP contribution in [0.4, 0.5) is 0 Å². The van der Waals surface area contributed by atoms with Gasteiger partial charge in [-0.1, -0.05) is 13.8 Å². The predicted octanol–water partition coefficient (Wildman–Crippen LogP) is 4.63. The molecule has 0 aromatic carbocycles. The van der Waals surface area contributed by atoms with Crippen molar-refractivity contribution >= 4 is 29.1 Å². The highest BCUT2D eigenvalue weighted by atomic mass is 35.5. The van der Waals surface area contributed by atoms with Gasteiger partial charge in [0, 0.05) is 18.8 Å². The van der Waals surface area contributed by atoms with Crippen molar-refractivity contribution in [1.82, 2.24) is 0 Å². The first kappa shape index (κ1) is 20.1. The molecule has 4 aliphatic rings. The van der Waals surface area contributed by atoms with Crippen LogP contribution < -0.4 is 0 Å². The second-order valence-electron chi connectivity index (χ2n) is 10.0. The molecule has 0 bridgehead atoms. The molecule has 0 saturated heterocycles. The van der Waals surface area contributed by atoms with Gasteiger partial charge >= 0.3 is 5.97 Å². The summed E-state index contributed by atoms with van der Waals surface area (Å²) in [7, 11) is 0. The lowest BCUT2D eigenvalue weighted by Gasteiger charge is -2.60. The number of carbonyl (C=O) groups is 3. The van der Waals surface area contributed by atoms with Crippen LogP contribution in [0.15, 0.2) is 11.6 Å². The van der Waals surface area contributed by atoms with Gasteiger partial charge in [-0.25, -0.2) is 0 Å². The highest BCUT2D eigenvalue weighted by Gasteiger charge is 2.68. The van der Waals surface area contributed by atoms with E-state index < -0.39 is 5.60 Å². The Kier molecular flexibility index (Phi) is 4.61. The van der Waals surface area contributed by atoms with Gasteiger partial charge in [-0.15, -0.1) is 11.6 Å². The van der Waals surface area contributed by atoms with E-state index in [4.69, 9.17) is 16.3 Å². The van der Waals surface area contributed by atoms with Crippen molar-refractivity contribution in [3.05, 3.63) is 11.6 Å². The minimum Gasteiger partial charge on any atom is -0.451 e. The number of alkyl halides is 1. The first-order valence-electron chi connectivity index (χ1n) is 10.6. The maximum Gasteiger partial charge on any atom is 0.303 e. The standard InChI is InChI=1S/C23H31ClO4/c1-13(25)23(28-14(2)26)10-7-18-16-12-20(24)19-11-15(27)5-8-21(19,3)17(16)6-9-22(18,23)4/h11,16-18,20H,5-10,12H2,1-4H3/t16-,17+,18+,20?,21-,22+,23+/m1/s1. The van der Waals surface area contributed by atoms with E-state index in [2.05, 4.69) is 13.8 Å². The quantitative estimate of drug-likeness (QED) is 0.495. The minimum atomic E-state index is -1.00. The van der Waals surface area contributed by atoms with Gasteiger partial charge in [0.2, 0.25) is 0 Å². The molecule has 0 N–H and O–H groups in total. The molecule has 7 atom stereocenters. The molecule has 0 amide bonds. The minimum absolute atomic E-state index is 0.0283. The zero-order valence-electron chi connectivity index (χ0n) is 17.3. The summed E-state index contributed by atoms with van der Waals surface area (Å²) < 4.78 is 5.81. The molecule has 4 rings (SSSR count). The van der Waals surface area contributed by atoms with Crippen molar-refractivity contribution in [2.24, 2.45) is 28.6 Å². The summed E-state index contributed by atoms with van der Waals surface area (Å²) in [5.74, 6) is 0.976. The van der Waals surface area contributed by atoms with E-state index in [0.29, 0.717) is 30.6 Å². The number of fused-ring (bicyclic) bond motifs is 5. The molecule has 154 valence electrons. The molecule has 3 saturated carbocycles. The Morgan fingerprint density at radius 1 is 1.11 bits per heavy atom. The number of halogens is 1. The van der Waals surface area contributed by atoms with E-state index >= 15 is 0 Å². The summed E-state index contributed by atoms with van der Waals surface area (Å²) in [6.45, 7) is 7.42. The average molecular weight is 407 g/mol. The zero-order chi connectivity index (χ0) is 20.5. The van der Waals surface area contributed by atoms with E-state index in [9.17, 15) is 14.4 Å². The fourth-order valence-electron chi connectivity index (χ4n) is 7.62. The second-order valence-corrected chi connectivity index (χ2v) is 10.6. The summed E-state index contributed by atoms with van der Waals surface area (Å²) in [4.78, 5) is 36.7. The van der Waals surface area contributed by atoms with E-state index in [0.717, 1.165) is 37.7 Å². The predicted molar refractivity (Wildman–Crippen MR) is 107 cm³/mol. The molecule has 28 heavy (non-hydrogen) atoms. The zero-order valence-corrected chi connectivity index (χ0v) is 18.1. The number of carbonyl (C=O) groups excluding carboxylic acids is 3. The van der Waals surface area contributed by atoms with Crippen LogP contribution in [0, 0.1) is 28.6 Å². The Bertz CT molecular complexity index is 773. The lowest BCUT2D eigenvalue weighted by molar-refractivity contribution is -0.187. The van der Waals surface area contributed by atoms with Gasteiger partial charge in [0.1, 0.15) is 0 Å². The number of esters is 1. The van der Waals surface area contributed by atoms with Crippen LogP contribution >= 0.6 is 11.6 Å². The third-order valence-corrected chi connectivity index (χ3v) is 9.36. The number of ether oxygens (including phenoxy) is 1. The number of ketones is 2. The fraction of sp³-hybridized carbons (Fsp3) is 0.783. The molecule has 0 aromatic heterocycles. The van der Waals surface area contributed by atoms with Gasteiger partial charge in [0.05, 0.1) is 5.38 Å². The number of hydrogen-bond acceptors (Lipinski definition) is 4. The molecule has 5 heteroatoms. The van der Waals surface area contributed by atoms with Crippen molar-refractivity contribution < 1.29 is 19.1 Å². The molecule has 4 nitrogen and oxygen atoms in total. The largest absolute Gasteiger partial charge is 0.451 e. The van der Waals surface area contributed by atoms with Crippen molar-refractivity contribution in [2.45, 2.75) is 83.6 Å². The molecule has 1 unspecified atom stereocenters. The molecule has 0 radical (unpaired) electrons. The molecule has 0 aromatic rings. The Balaban J connectivity index is 1.73. The van der Waals surface area contributed by atoms with E-state index in [-0.39, 0.29) is 33.7 Å². The van der Waals surface area contributed by atoms with Crippen LogP contribution in [-0.4, -0.2) is 28.5 Å². The normalized spacial score (nSPS) is 47.5. The maximum atomic E-state index is 12.8. The molecule has 0 spiro atoms. The first-order valence-corrected chi connectivity index (χ1v) is 11.1. The lowest BCUT2D eigenvalue weighted by atomic mass is 9.46. The van der Waals surface area contributed by atoms with Gasteiger partial charge in [-0.05, 0) is 80.3 Å². The van der Waals surface area contributed by atoms with Gasteiger partial charge in [-0.2, -0.15) is 0 Å². The lowest BCUT2D eigenvalue weighted by Crippen LogP contribution is -2.59. The summed E-state index contributed by atoms with van der Waals surface area (Å²) in [6.07, 6.45) is 7.48. The van der Waals surface area contributed by atoms with Gasteiger partial charge < -0.3 is 4.74 Å². The van der Waals surface area contributed by atoms with Crippen LogP contribution in [0.2, 0.25) is 0 Å². The van der Waals surface area contributed by atoms with E-state index in [1.165, 1.54) is 6.92 Å². The summed E-state index contributed by atoms with van der Waals surface area (Å²) in [6, 6.07) is 0. The van der Waals surface area contributed by atoms with E-state index in [1.54, 1.807) is 6.92 Å². The number of Topliss-reactive ketones (excluding diaryl/α,β-unsaturated/α-hetero) is 1. The summed E-state index contributed by atoms with van der Waals surface area (Å²) >= 11 is 6.85. The highest BCUT2D eigenvalue weighted by molar-refractivity contribution is 6.23. The van der Waals surface area contributed by atoms with Crippen LogP contribution in [0.5, 0.6) is 0 Å². The van der Waals surface area contributed by atoms with Crippen molar-refractivity contribution in [1.29, 1.82) is 0 Å². The average Bonchev–Trinajstić information content (AvgIpc) is 2.90. The number of hydrogen-bond donors (Lipinski definition) is 0. The fourth-order valence-corrected chi connectivity index (χ4v) is 8.14. The molecule has 0 aliphatic heterocycles. The first-order chi connectivity index (χ1) is 13.0. The summed E-state index contributed by atoms with van der Waals surface area (Å²) in [5.41, 5.74) is -0.251. The van der Waals surface area contributed by atoms with Gasteiger partial charge in [0.25, 0.3) is 0 Å². The van der Waals surface area contributed by atoms with Crippen LogP contribution in [0.3, 0.4) is 0 Å². The highest BCUT2D eigenvalue weighted by Crippen LogP contribution is 2.68. The van der Waals surface area contributed by atoms with Gasteiger partial charge in [0.15, 0.2) is 17.2 Å². The Labute approximate surface area is 172 Å². The Morgan fingerprint density at radius 2 is 1.79 bits per heavy atom. The summed E-state index contributed by atoms with van der Waals surface area (Å²) in [5, 5.41) is -0.126. The van der Waals surface area contributed by atoms with Crippen LogP contribution in [0.1, 0.15) is 72.6 Å². The Morgan fingerprint density at radius 3 is 2.43 bits per heavy atom. The van der Waals surface area contributed by atoms with Crippen molar-refractivity contribution in [3.63, 3.8) is 0 Å². The number of rotatable bonds is 2.